The van der Waals surface area contributed by atoms with E-state index < -0.39 is 34.4 Å². The molecule has 29 heavy (non-hydrogen) atoms. The molecule has 1 aliphatic heterocycles. The number of rotatable bonds is 3. The molecular weight excluding hydrogens is 386 g/mol. The molecule has 0 saturated carbocycles. The van der Waals surface area contributed by atoms with Gasteiger partial charge in [-0.25, -0.2) is 8.78 Å². The Labute approximate surface area is 163 Å². The Morgan fingerprint density at radius 2 is 2.03 bits per heavy atom. The van der Waals surface area contributed by atoms with Crippen LogP contribution in [0.25, 0.3) is 10.9 Å². The van der Waals surface area contributed by atoms with Crippen molar-refractivity contribution >= 4 is 22.5 Å². The summed E-state index contributed by atoms with van der Waals surface area (Å²) in [5.74, 6) is -3.06. The summed E-state index contributed by atoms with van der Waals surface area (Å²) >= 11 is 0. The predicted molar refractivity (Wildman–Crippen MR) is 100.0 cm³/mol. The summed E-state index contributed by atoms with van der Waals surface area (Å²) < 4.78 is 28.7. The largest absolute Gasteiger partial charge is 0.506 e. The van der Waals surface area contributed by atoms with Crippen molar-refractivity contribution in [1.82, 2.24) is 4.57 Å². The van der Waals surface area contributed by atoms with Crippen LogP contribution in [0.2, 0.25) is 0 Å². The lowest BCUT2D eigenvalue weighted by molar-refractivity contribution is -0.193. The number of anilines is 1. The van der Waals surface area contributed by atoms with Crippen LogP contribution in [0.15, 0.2) is 35.1 Å². The van der Waals surface area contributed by atoms with Crippen molar-refractivity contribution in [2.24, 2.45) is 7.05 Å². The van der Waals surface area contributed by atoms with Crippen molar-refractivity contribution in [2.75, 3.05) is 11.4 Å². The second kappa shape index (κ2) is 6.85. The number of hydrogen-bond donors (Lipinski definition) is 1. The van der Waals surface area contributed by atoms with E-state index in [1.54, 1.807) is 19.1 Å². The van der Waals surface area contributed by atoms with Gasteiger partial charge in [-0.15, -0.1) is 0 Å². The molecule has 1 aliphatic rings. The molecule has 9 heteroatoms. The van der Waals surface area contributed by atoms with Crippen molar-refractivity contribution in [2.45, 2.75) is 13.5 Å². The van der Waals surface area contributed by atoms with E-state index in [9.17, 15) is 23.5 Å². The second-order valence-electron chi connectivity index (χ2n) is 6.53. The molecule has 1 amide bonds. The highest BCUT2D eigenvalue weighted by Gasteiger charge is 2.30. The molecule has 0 bridgehead atoms. The van der Waals surface area contributed by atoms with E-state index in [4.69, 9.17) is 9.78 Å². The number of benzene rings is 2. The molecule has 0 unspecified atom stereocenters. The van der Waals surface area contributed by atoms with E-state index in [1.165, 1.54) is 11.6 Å². The van der Waals surface area contributed by atoms with E-state index in [1.807, 2.05) is 0 Å². The molecule has 150 valence electrons. The standard InChI is InChI=1S/C20H16F2N2O5/c1-3-24(13-7-5-11(21)8-12(13)22)20(27)16-17(25)15-14(23(2)19(16)26)6-4-10-9-28-29-18(10)15/h4-8,25H,3,9H2,1-2H3. The summed E-state index contributed by atoms with van der Waals surface area (Å²) in [5.41, 5.74) is -0.543. The third kappa shape index (κ3) is 2.82. The molecule has 2 aromatic carbocycles. The predicted octanol–water partition coefficient (Wildman–Crippen LogP) is 3.01. The van der Waals surface area contributed by atoms with E-state index in [0.29, 0.717) is 17.1 Å². The number of halogens is 2. The Morgan fingerprint density at radius 3 is 2.72 bits per heavy atom. The third-order valence-electron chi connectivity index (χ3n) is 4.90. The van der Waals surface area contributed by atoms with E-state index in [0.717, 1.165) is 17.0 Å². The van der Waals surface area contributed by atoms with E-state index >= 15 is 0 Å². The van der Waals surface area contributed by atoms with Crippen LogP contribution in [-0.4, -0.2) is 22.1 Å². The van der Waals surface area contributed by atoms with Crippen LogP contribution in [-0.2, 0) is 18.5 Å². The lowest BCUT2D eigenvalue weighted by Crippen LogP contribution is -2.37. The SMILES string of the molecule is CCN(C(=O)c1c(O)c2c3c(ccc2n(C)c1=O)COO3)c1ccc(F)cc1F. The van der Waals surface area contributed by atoms with Gasteiger partial charge in [-0.3, -0.25) is 9.59 Å². The summed E-state index contributed by atoms with van der Waals surface area (Å²) in [4.78, 5) is 37.1. The first-order valence-corrected chi connectivity index (χ1v) is 8.79. The van der Waals surface area contributed by atoms with Crippen LogP contribution in [0.1, 0.15) is 22.8 Å². The van der Waals surface area contributed by atoms with Gasteiger partial charge in [0.25, 0.3) is 11.5 Å². The molecule has 0 spiro atoms. The molecule has 1 N–H and O–H groups in total. The molecule has 4 rings (SSSR count). The molecule has 2 heterocycles. The second-order valence-corrected chi connectivity index (χ2v) is 6.53. The number of nitrogens with zero attached hydrogens (tertiary/aromatic N) is 2. The molecule has 0 saturated heterocycles. The first-order valence-electron chi connectivity index (χ1n) is 8.79. The summed E-state index contributed by atoms with van der Waals surface area (Å²) in [7, 11) is 1.44. The highest BCUT2D eigenvalue weighted by Crippen LogP contribution is 2.40. The molecule has 3 aromatic rings. The van der Waals surface area contributed by atoms with Gasteiger partial charge in [0.05, 0.1) is 16.6 Å². The maximum absolute atomic E-state index is 14.3. The van der Waals surface area contributed by atoms with Crippen molar-refractivity contribution in [1.29, 1.82) is 0 Å². The Bertz CT molecular complexity index is 1220. The number of amides is 1. The van der Waals surface area contributed by atoms with Crippen LogP contribution < -0.4 is 15.3 Å². The first-order chi connectivity index (χ1) is 13.8. The number of fused-ring (bicyclic) bond motifs is 3. The number of pyridine rings is 1. The number of hydrogen-bond acceptors (Lipinski definition) is 5. The van der Waals surface area contributed by atoms with Gasteiger partial charge in [-0.1, -0.05) is 6.07 Å². The van der Waals surface area contributed by atoms with Crippen LogP contribution >= 0.6 is 0 Å². The van der Waals surface area contributed by atoms with Crippen molar-refractivity contribution in [3.63, 3.8) is 0 Å². The zero-order valence-electron chi connectivity index (χ0n) is 15.5. The lowest BCUT2D eigenvalue weighted by Gasteiger charge is -2.22. The number of aromatic hydroxyl groups is 1. The highest BCUT2D eigenvalue weighted by atomic mass is 19.1. The monoisotopic (exact) mass is 402 g/mol. The van der Waals surface area contributed by atoms with E-state index in [2.05, 4.69) is 0 Å². The molecule has 7 nitrogen and oxygen atoms in total. The van der Waals surface area contributed by atoms with Gasteiger partial charge >= 0.3 is 0 Å². The fourth-order valence-corrected chi connectivity index (χ4v) is 3.44. The number of aromatic nitrogens is 1. The quantitative estimate of drug-likeness (QED) is 0.682. The normalized spacial score (nSPS) is 12.7. The van der Waals surface area contributed by atoms with Gasteiger partial charge in [0.2, 0.25) is 0 Å². The Balaban J connectivity index is 1.95. The van der Waals surface area contributed by atoms with Crippen molar-refractivity contribution < 1.29 is 28.5 Å². The summed E-state index contributed by atoms with van der Waals surface area (Å²) in [5, 5.41) is 11.0. The summed E-state index contributed by atoms with van der Waals surface area (Å²) in [6.45, 7) is 1.70. The molecule has 0 aliphatic carbocycles. The molecule has 0 atom stereocenters. The molecule has 0 radical (unpaired) electrons. The highest BCUT2D eigenvalue weighted by molar-refractivity contribution is 6.11. The summed E-state index contributed by atoms with van der Waals surface area (Å²) in [6.07, 6.45) is 0. The number of aryl methyl sites for hydroxylation is 1. The number of carbonyl (C=O) groups is 1. The molecule has 1 aromatic heterocycles. The fraction of sp³-hybridized carbons (Fsp3) is 0.200. The minimum Gasteiger partial charge on any atom is -0.506 e. The van der Waals surface area contributed by atoms with Crippen LogP contribution in [0.4, 0.5) is 14.5 Å². The Morgan fingerprint density at radius 1 is 1.28 bits per heavy atom. The van der Waals surface area contributed by atoms with Gasteiger partial charge in [-0.2, -0.15) is 4.89 Å². The Kier molecular flexibility index (Phi) is 4.46. The zero-order chi connectivity index (χ0) is 20.9. The minimum atomic E-state index is -0.963. The smallest absolute Gasteiger partial charge is 0.267 e. The average Bonchev–Trinajstić information content (AvgIpc) is 3.16. The third-order valence-corrected chi connectivity index (χ3v) is 4.90. The van der Waals surface area contributed by atoms with Gasteiger partial charge in [0.15, 0.2) is 5.75 Å². The van der Waals surface area contributed by atoms with Crippen molar-refractivity contribution in [3.8, 4) is 11.5 Å². The maximum atomic E-state index is 14.3. The number of carbonyl (C=O) groups excluding carboxylic acids is 1. The van der Waals surface area contributed by atoms with Crippen LogP contribution in [0, 0.1) is 11.6 Å². The van der Waals surface area contributed by atoms with Gasteiger partial charge in [0.1, 0.15) is 29.6 Å². The lowest BCUT2D eigenvalue weighted by atomic mass is 10.0. The van der Waals surface area contributed by atoms with Gasteiger partial charge in [-0.05, 0) is 25.1 Å². The topological polar surface area (TPSA) is 81.0 Å². The zero-order valence-corrected chi connectivity index (χ0v) is 15.5. The van der Waals surface area contributed by atoms with E-state index in [-0.39, 0.29) is 30.0 Å². The van der Waals surface area contributed by atoms with Gasteiger partial charge < -0.3 is 19.5 Å². The molecule has 0 fully saturated rings. The molecular formula is C20H16F2N2O5. The van der Waals surface area contributed by atoms with Crippen molar-refractivity contribution in [3.05, 3.63) is 63.4 Å². The Hall–Kier alpha value is -3.46. The first kappa shape index (κ1) is 18.9. The summed E-state index contributed by atoms with van der Waals surface area (Å²) in [6, 6.07) is 6.05. The van der Waals surface area contributed by atoms with Crippen LogP contribution in [0.3, 0.4) is 0 Å². The van der Waals surface area contributed by atoms with Gasteiger partial charge in [0, 0.05) is 25.2 Å². The fourth-order valence-electron chi connectivity index (χ4n) is 3.44. The minimum absolute atomic E-state index is 0.0193. The maximum Gasteiger partial charge on any atom is 0.267 e. The average molecular weight is 402 g/mol. The van der Waals surface area contributed by atoms with Crippen LogP contribution in [0.5, 0.6) is 11.5 Å².